The Balaban J connectivity index is 1.77. The zero-order valence-electron chi connectivity index (χ0n) is 11.9. The summed E-state index contributed by atoms with van der Waals surface area (Å²) in [6.07, 6.45) is 1.36. The molecule has 6 heteroatoms. The fraction of sp³-hybridized carbons (Fsp3) is 0.467. The van der Waals surface area contributed by atoms with Crippen molar-refractivity contribution in [1.82, 2.24) is 4.98 Å². The molecule has 112 valence electrons. The van der Waals surface area contributed by atoms with Crippen molar-refractivity contribution in [1.29, 1.82) is 0 Å². The standard InChI is InChI=1S/C15H18N2O4/c1-20-9-14-16-12-8-11(2-3-13(12)21-14)17-6-4-10(5-7-17)15(18)19/h2-3,8,10H,4-7,9H2,1H3,(H,18,19). The molecule has 0 atom stereocenters. The molecular weight excluding hydrogens is 272 g/mol. The van der Waals surface area contributed by atoms with Crippen LogP contribution in [-0.4, -0.2) is 36.3 Å². The van der Waals surface area contributed by atoms with E-state index in [1.165, 1.54) is 0 Å². The van der Waals surface area contributed by atoms with Crippen molar-refractivity contribution in [2.75, 3.05) is 25.1 Å². The van der Waals surface area contributed by atoms with Crippen LogP contribution >= 0.6 is 0 Å². The Morgan fingerprint density at radius 2 is 2.24 bits per heavy atom. The number of nitrogens with zero attached hydrogens (tertiary/aromatic N) is 2. The minimum absolute atomic E-state index is 0.217. The predicted molar refractivity (Wildman–Crippen MR) is 77.3 cm³/mol. The van der Waals surface area contributed by atoms with Gasteiger partial charge in [-0.1, -0.05) is 0 Å². The van der Waals surface area contributed by atoms with Crippen molar-refractivity contribution in [2.24, 2.45) is 5.92 Å². The summed E-state index contributed by atoms with van der Waals surface area (Å²) in [7, 11) is 1.60. The van der Waals surface area contributed by atoms with Crippen LogP contribution in [0.1, 0.15) is 18.7 Å². The lowest BCUT2D eigenvalue weighted by molar-refractivity contribution is -0.142. The molecule has 0 amide bonds. The first-order valence-electron chi connectivity index (χ1n) is 7.03. The Hall–Kier alpha value is -2.08. The zero-order valence-corrected chi connectivity index (χ0v) is 11.9. The molecule has 1 aliphatic rings. The quantitative estimate of drug-likeness (QED) is 0.931. The van der Waals surface area contributed by atoms with Crippen LogP contribution < -0.4 is 4.90 Å². The molecule has 2 aromatic rings. The largest absolute Gasteiger partial charge is 0.481 e. The third kappa shape index (κ3) is 2.85. The number of rotatable bonds is 4. The van der Waals surface area contributed by atoms with E-state index in [2.05, 4.69) is 9.88 Å². The molecule has 1 aliphatic heterocycles. The monoisotopic (exact) mass is 290 g/mol. The molecule has 0 spiro atoms. The van der Waals surface area contributed by atoms with Crippen molar-refractivity contribution < 1.29 is 19.1 Å². The van der Waals surface area contributed by atoms with Gasteiger partial charge in [-0.3, -0.25) is 4.79 Å². The van der Waals surface area contributed by atoms with Crippen LogP contribution in [-0.2, 0) is 16.1 Å². The number of anilines is 1. The lowest BCUT2D eigenvalue weighted by Crippen LogP contribution is -2.36. The molecule has 21 heavy (non-hydrogen) atoms. The fourth-order valence-electron chi connectivity index (χ4n) is 2.73. The molecule has 1 aromatic carbocycles. The first kappa shape index (κ1) is 13.9. The lowest BCUT2D eigenvalue weighted by atomic mass is 9.97. The summed E-state index contributed by atoms with van der Waals surface area (Å²) in [5.74, 6) is -0.342. The molecule has 0 bridgehead atoms. The number of methoxy groups -OCH3 is 1. The van der Waals surface area contributed by atoms with Crippen molar-refractivity contribution >= 4 is 22.8 Å². The van der Waals surface area contributed by atoms with Gasteiger partial charge in [0.25, 0.3) is 0 Å². The molecule has 0 radical (unpaired) electrons. The second-order valence-electron chi connectivity index (χ2n) is 5.29. The normalized spacial score (nSPS) is 16.5. The summed E-state index contributed by atoms with van der Waals surface area (Å²) < 4.78 is 10.6. The molecule has 1 fully saturated rings. The van der Waals surface area contributed by atoms with Gasteiger partial charge in [0, 0.05) is 25.9 Å². The lowest BCUT2D eigenvalue weighted by Gasteiger charge is -2.31. The van der Waals surface area contributed by atoms with Crippen LogP contribution in [0.2, 0.25) is 0 Å². The first-order chi connectivity index (χ1) is 10.2. The van der Waals surface area contributed by atoms with Gasteiger partial charge in [0.2, 0.25) is 5.89 Å². The Labute approximate surface area is 122 Å². The smallest absolute Gasteiger partial charge is 0.306 e. The maximum atomic E-state index is 11.0. The van der Waals surface area contributed by atoms with Crippen molar-refractivity contribution in [3.05, 3.63) is 24.1 Å². The van der Waals surface area contributed by atoms with Crippen LogP contribution in [0.5, 0.6) is 0 Å². The zero-order chi connectivity index (χ0) is 14.8. The Morgan fingerprint density at radius 1 is 1.48 bits per heavy atom. The first-order valence-corrected chi connectivity index (χ1v) is 7.03. The number of benzene rings is 1. The van der Waals surface area contributed by atoms with E-state index in [1.54, 1.807) is 7.11 Å². The van der Waals surface area contributed by atoms with E-state index in [-0.39, 0.29) is 5.92 Å². The van der Waals surface area contributed by atoms with Gasteiger partial charge >= 0.3 is 5.97 Å². The highest BCUT2D eigenvalue weighted by molar-refractivity contribution is 5.78. The van der Waals surface area contributed by atoms with E-state index in [0.717, 1.165) is 29.9 Å². The Kier molecular flexibility index (Phi) is 3.79. The molecule has 1 saturated heterocycles. The maximum absolute atomic E-state index is 11.0. The second kappa shape index (κ2) is 5.73. The van der Waals surface area contributed by atoms with Gasteiger partial charge in [-0.25, -0.2) is 4.98 Å². The summed E-state index contributed by atoms with van der Waals surface area (Å²) >= 11 is 0. The van der Waals surface area contributed by atoms with Crippen LogP contribution in [0.4, 0.5) is 5.69 Å². The highest BCUT2D eigenvalue weighted by Gasteiger charge is 2.24. The van der Waals surface area contributed by atoms with Crippen molar-refractivity contribution in [3.63, 3.8) is 0 Å². The number of carbonyl (C=O) groups is 1. The number of aliphatic carboxylic acids is 1. The van der Waals surface area contributed by atoms with Gasteiger partial charge in [0.05, 0.1) is 5.92 Å². The van der Waals surface area contributed by atoms with E-state index < -0.39 is 5.97 Å². The molecule has 1 N–H and O–H groups in total. The topological polar surface area (TPSA) is 75.8 Å². The molecule has 1 aromatic heterocycles. The van der Waals surface area contributed by atoms with E-state index in [9.17, 15) is 4.79 Å². The van der Waals surface area contributed by atoms with Crippen LogP contribution in [0.25, 0.3) is 11.1 Å². The summed E-state index contributed by atoms with van der Waals surface area (Å²) in [5.41, 5.74) is 2.61. The van der Waals surface area contributed by atoms with E-state index >= 15 is 0 Å². The highest BCUT2D eigenvalue weighted by atomic mass is 16.5. The van der Waals surface area contributed by atoms with Gasteiger partial charge in [-0.15, -0.1) is 0 Å². The van der Waals surface area contributed by atoms with Gasteiger partial charge in [0.1, 0.15) is 12.1 Å². The Bertz CT molecular complexity index is 644. The van der Waals surface area contributed by atoms with Gasteiger partial charge in [-0.2, -0.15) is 0 Å². The minimum Gasteiger partial charge on any atom is -0.481 e. The number of piperidine rings is 1. The number of carboxylic acid groups (broad SMARTS) is 1. The van der Waals surface area contributed by atoms with E-state index in [0.29, 0.717) is 25.3 Å². The highest BCUT2D eigenvalue weighted by Crippen LogP contribution is 2.27. The fourth-order valence-corrected chi connectivity index (χ4v) is 2.73. The third-order valence-electron chi connectivity index (χ3n) is 3.89. The average molecular weight is 290 g/mol. The second-order valence-corrected chi connectivity index (χ2v) is 5.29. The van der Waals surface area contributed by atoms with Crippen molar-refractivity contribution in [2.45, 2.75) is 19.4 Å². The summed E-state index contributed by atoms with van der Waals surface area (Å²) in [6.45, 7) is 1.87. The van der Waals surface area contributed by atoms with Crippen LogP contribution in [0.15, 0.2) is 22.6 Å². The van der Waals surface area contributed by atoms with E-state index in [4.69, 9.17) is 14.3 Å². The number of aromatic nitrogens is 1. The molecule has 3 rings (SSSR count). The molecule has 6 nitrogen and oxygen atoms in total. The molecular formula is C15H18N2O4. The molecule has 0 unspecified atom stereocenters. The van der Waals surface area contributed by atoms with Crippen molar-refractivity contribution in [3.8, 4) is 0 Å². The van der Waals surface area contributed by atoms with Gasteiger partial charge in [0.15, 0.2) is 5.58 Å². The molecule has 0 aliphatic carbocycles. The number of oxazole rings is 1. The van der Waals surface area contributed by atoms with Gasteiger partial charge < -0.3 is 19.2 Å². The number of ether oxygens (including phenoxy) is 1. The predicted octanol–water partition coefficient (Wildman–Crippen LogP) is 2.28. The number of hydrogen-bond donors (Lipinski definition) is 1. The van der Waals surface area contributed by atoms with E-state index in [1.807, 2.05) is 18.2 Å². The third-order valence-corrected chi connectivity index (χ3v) is 3.89. The SMILES string of the molecule is COCc1nc2cc(N3CCC(C(=O)O)CC3)ccc2o1. The minimum atomic E-state index is -0.689. The number of carboxylic acids is 1. The Morgan fingerprint density at radius 3 is 2.90 bits per heavy atom. The maximum Gasteiger partial charge on any atom is 0.306 e. The summed E-state index contributed by atoms with van der Waals surface area (Å²) in [6, 6.07) is 5.88. The molecule has 0 saturated carbocycles. The van der Waals surface area contributed by atoms with Gasteiger partial charge in [-0.05, 0) is 31.0 Å². The number of hydrogen-bond acceptors (Lipinski definition) is 5. The van der Waals surface area contributed by atoms with Crippen LogP contribution in [0.3, 0.4) is 0 Å². The molecule has 2 heterocycles. The summed E-state index contributed by atoms with van der Waals surface area (Å²) in [4.78, 5) is 17.6. The number of fused-ring (bicyclic) bond motifs is 1. The van der Waals surface area contributed by atoms with Crippen LogP contribution in [0, 0.1) is 5.92 Å². The average Bonchev–Trinajstić information content (AvgIpc) is 2.89. The summed E-state index contributed by atoms with van der Waals surface area (Å²) in [5, 5.41) is 9.04.